The average Bonchev–Trinajstić information content (AvgIpc) is 3.07. The fourth-order valence-electron chi connectivity index (χ4n) is 2.72. The molecule has 0 unspecified atom stereocenters. The third-order valence-corrected chi connectivity index (χ3v) is 4.83. The number of carbonyl (C=O) groups excluding carboxylic acids is 2. The lowest BCUT2D eigenvalue weighted by Crippen LogP contribution is -2.34. The molecule has 0 aliphatic rings. The lowest BCUT2D eigenvalue weighted by atomic mass is 9.99. The van der Waals surface area contributed by atoms with Crippen LogP contribution in [0.1, 0.15) is 54.4 Å². The summed E-state index contributed by atoms with van der Waals surface area (Å²) in [6.45, 7) is 5.98. The second kappa shape index (κ2) is 8.98. The van der Waals surface area contributed by atoms with Gasteiger partial charge in [0, 0.05) is 29.2 Å². The van der Waals surface area contributed by atoms with E-state index in [0.717, 1.165) is 34.3 Å². The molecule has 1 aromatic heterocycles. The standard InChI is InChI=1S/C19H24BrN3O3/c1-5-13(6-2)16-10-17(26-22-16)19(25)23(4)11-18(24)21-15-8-7-14(20)9-12(15)3/h7-10,13H,5-6,11H2,1-4H3,(H,21,24). The van der Waals surface area contributed by atoms with Crippen LogP contribution in [-0.4, -0.2) is 35.5 Å². The van der Waals surface area contributed by atoms with Crippen LogP contribution in [0.2, 0.25) is 0 Å². The lowest BCUT2D eigenvalue weighted by Gasteiger charge is -2.16. The second-order valence-corrected chi connectivity index (χ2v) is 7.21. The van der Waals surface area contributed by atoms with Crippen LogP contribution in [0.4, 0.5) is 5.69 Å². The smallest absolute Gasteiger partial charge is 0.292 e. The first-order valence-corrected chi connectivity index (χ1v) is 9.43. The Kier molecular flexibility index (Phi) is 6.97. The molecule has 0 aliphatic heterocycles. The zero-order valence-electron chi connectivity index (χ0n) is 15.5. The molecule has 6 nitrogen and oxygen atoms in total. The molecule has 0 aliphatic carbocycles. The van der Waals surface area contributed by atoms with E-state index >= 15 is 0 Å². The van der Waals surface area contributed by atoms with E-state index in [1.54, 1.807) is 13.1 Å². The molecule has 0 spiro atoms. The Morgan fingerprint density at radius 2 is 1.96 bits per heavy atom. The van der Waals surface area contributed by atoms with Crippen molar-refractivity contribution < 1.29 is 14.1 Å². The summed E-state index contributed by atoms with van der Waals surface area (Å²) in [5.41, 5.74) is 2.43. The van der Waals surface area contributed by atoms with Crippen molar-refractivity contribution in [1.29, 1.82) is 0 Å². The molecule has 0 bridgehead atoms. The molecule has 2 rings (SSSR count). The van der Waals surface area contributed by atoms with Gasteiger partial charge < -0.3 is 14.7 Å². The van der Waals surface area contributed by atoms with Crippen LogP contribution in [0.15, 0.2) is 33.3 Å². The van der Waals surface area contributed by atoms with Gasteiger partial charge in [-0.25, -0.2) is 0 Å². The number of hydrogen-bond donors (Lipinski definition) is 1. The molecular formula is C19H24BrN3O3. The third-order valence-electron chi connectivity index (χ3n) is 4.33. The summed E-state index contributed by atoms with van der Waals surface area (Å²) in [4.78, 5) is 26.0. The molecule has 2 aromatic rings. The van der Waals surface area contributed by atoms with Crippen molar-refractivity contribution in [3.8, 4) is 0 Å². The highest BCUT2D eigenvalue weighted by Gasteiger charge is 2.22. The fourth-order valence-corrected chi connectivity index (χ4v) is 3.20. The molecule has 0 saturated carbocycles. The van der Waals surface area contributed by atoms with E-state index in [2.05, 4.69) is 40.3 Å². The van der Waals surface area contributed by atoms with Crippen molar-refractivity contribution in [3.05, 3.63) is 45.8 Å². The van der Waals surface area contributed by atoms with E-state index in [0.29, 0.717) is 0 Å². The first-order valence-electron chi connectivity index (χ1n) is 8.63. The number of rotatable bonds is 7. The molecule has 0 fully saturated rings. The summed E-state index contributed by atoms with van der Waals surface area (Å²) in [5, 5.41) is 6.82. The van der Waals surface area contributed by atoms with Crippen LogP contribution >= 0.6 is 15.9 Å². The van der Waals surface area contributed by atoms with Gasteiger partial charge in [-0.05, 0) is 43.5 Å². The highest BCUT2D eigenvalue weighted by atomic mass is 79.9. The predicted octanol–water partition coefficient (Wildman–Crippen LogP) is 4.36. The molecule has 26 heavy (non-hydrogen) atoms. The minimum atomic E-state index is -0.364. The molecule has 7 heteroatoms. The van der Waals surface area contributed by atoms with Crippen molar-refractivity contribution in [3.63, 3.8) is 0 Å². The zero-order chi connectivity index (χ0) is 19.3. The molecule has 140 valence electrons. The van der Waals surface area contributed by atoms with Gasteiger partial charge in [0.1, 0.15) is 0 Å². The summed E-state index contributed by atoms with van der Waals surface area (Å²) in [6, 6.07) is 7.26. The normalized spacial score (nSPS) is 10.8. The van der Waals surface area contributed by atoms with E-state index in [1.807, 2.05) is 25.1 Å². The molecular weight excluding hydrogens is 398 g/mol. The van der Waals surface area contributed by atoms with Crippen molar-refractivity contribution in [1.82, 2.24) is 10.1 Å². The van der Waals surface area contributed by atoms with E-state index in [-0.39, 0.29) is 30.0 Å². The quantitative estimate of drug-likeness (QED) is 0.720. The van der Waals surface area contributed by atoms with Gasteiger partial charge in [-0.3, -0.25) is 9.59 Å². The van der Waals surface area contributed by atoms with E-state index in [4.69, 9.17) is 4.52 Å². The highest BCUT2D eigenvalue weighted by Crippen LogP contribution is 2.23. The van der Waals surface area contributed by atoms with Gasteiger partial charge in [-0.2, -0.15) is 0 Å². The van der Waals surface area contributed by atoms with Crippen LogP contribution < -0.4 is 5.32 Å². The van der Waals surface area contributed by atoms with Gasteiger partial charge in [0.15, 0.2) is 0 Å². The Labute approximate surface area is 162 Å². The van der Waals surface area contributed by atoms with E-state index in [1.165, 1.54) is 4.90 Å². The molecule has 1 N–H and O–H groups in total. The minimum Gasteiger partial charge on any atom is -0.351 e. The molecule has 0 atom stereocenters. The van der Waals surface area contributed by atoms with E-state index in [9.17, 15) is 9.59 Å². The highest BCUT2D eigenvalue weighted by molar-refractivity contribution is 9.10. The van der Waals surface area contributed by atoms with Crippen LogP contribution in [0, 0.1) is 6.92 Å². The van der Waals surface area contributed by atoms with Gasteiger partial charge in [-0.15, -0.1) is 0 Å². The minimum absolute atomic E-state index is 0.0741. The molecule has 0 saturated heterocycles. The topological polar surface area (TPSA) is 75.4 Å². The van der Waals surface area contributed by atoms with Gasteiger partial charge >= 0.3 is 0 Å². The molecule has 1 aromatic carbocycles. The number of aryl methyl sites for hydroxylation is 1. The summed E-state index contributed by atoms with van der Waals surface area (Å²) in [5.74, 6) is -0.209. The number of anilines is 1. The fraction of sp³-hybridized carbons (Fsp3) is 0.421. The largest absolute Gasteiger partial charge is 0.351 e. The Balaban J connectivity index is 1.99. The Hall–Kier alpha value is -2.15. The van der Waals surface area contributed by atoms with Gasteiger partial charge in [-0.1, -0.05) is 34.9 Å². The summed E-state index contributed by atoms with van der Waals surface area (Å²) in [6.07, 6.45) is 1.86. The number of carbonyl (C=O) groups is 2. The van der Waals surface area contributed by atoms with Crippen LogP contribution in [0.5, 0.6) is 0 Å². The lowest BCUT2D eigenvalue weighted by molar-refractivity contribution is -0.116. The van der Waals surface area contributed by atoms with Crippen molar-refractivity contribution in [2.75, 3.05) is 18.9 Å². The predicted molar refractivity (Wildman–Crippen MR) is 104 cm³/mol. The number of nitrogens with one attached hydrogen (secondary N) is 1. The van der Waals surface area contributed by atoms with E-state index < -0.39 is 0 Å². The first kappa shape index (κ1) is 20.2. The molecule has 2 amide bonds. The maximum atomic E-state index is 12.5. The molecule has 1 heterocycles. The monoisotopic (exact) mass is 421 g/mol. The Morgan fingerprint density at radius 3 is 2.58 bits per heavy atom. The maximum absolute atomic E-state index is 12.5. The molecule has 0 radical (unpaired) electrons. The van der Waals surface area contributed by atoms with Crippen LogP contribution in [0.3, 0.4) is 0 Å². The number of halogens is 1. The number of nitrogens with zero attached hydrogens (tertiary/aromatic N) is 2. The second-order valence-electron chi connectivity index (χ2n) is 6.30. The number of likely N-dealkylation sites (N-methyl/N-ethyl adjacent to an activating group) is 1. The van der Waals surface area contributed by atoms with Crippen molar-refractivity contribution in [2.24, 2.45) is 0 Å². The van der Waals surface area contributed by atoms with Crippen molar-refractivity contribution >= 4 is 33.4 Å². The van der Waals surface area contributed by atoms with Crippen molar-refractivity contribution in [2.45, 2.75) is 39.5 Å². The van der Waals surface area contributed by atoms with Crippen LogP contribution in [-0.2, 0) is 4.79 Å². The number of benzene rings is 1. The van der Waals surface area contributed by atoms with Gasteiger partial charge in [0.25, 0.3) is 5.91 Å². The number of aromatic nitrogens is 1. The van der Waals surface area contributed by atoms with Gasteiger partial charge in [0.05, 0.1) is 12.2 Å². The Morgan fingerprint density at radius 1 is 1.27 bits per heavy atom. The zero-order valence-corrected chi connectivity index (χ0v) is 17.1. The summed E-state index contributed by atoms with van der Waals surface area (Å²) >= 11 is 3.39. The first-order chi connectivity index (χ1) is 12.3. The average molecular weight is 422 g/mol. The summed E-state index contributed by atoms with van der Waals surface area (Å²) < 4.78 is 6.13. The maximum Gasteiger partial charge on any atom is 0.292 e. The third kappa shape index (κ3) is 4.94. The van der Waals surface area contributed by atoms with Crippen LogP contribution in [0.25, 0.3) is 0 Å². The Bertz CT molecular complexity index is 784. The summed E-state index contributed by atoms with van der Waals surface area (Å²) in [7, 11) is 1.57. The van der Waals surface area contributed by atoms with Gasteiger partial charge in [0.2, 0.25) is 11.7 Å². The number of hydrogen-bond acceptors (Lipinski definition) is 4. The SMILES string of the molecule is CCC(CC)c1cc(C(=O)N(C)CC(=O)Nc2ccc(Br)cc2C)on1. The number of amides is 2.